The van der Waals surface area contributed by atoms with Crippen molar-refractivity contribution < 1.29 is 9.53 Å². The second-order valence-corrected chi connectivity index (χ2v) is 5.81. The number of carbonyl (C=O) groups is 1. The van der Waals surface area contributed by atoms with Crippen LogP contribution in [0.5, 0.6) is 0 Å². The van der Waals surface area contributed by atoms with E-state index >= 15 is 0 Å². The van der Waals surface area contributed by atoms with Gasteiger partial charge in [0.15, 0.2) is 0 Å². The molecular weight excluding hydrogens is 302 g/mol. The van der Waals surface area contributed by atoms with Crippen LogP contribution in [-0.2, 0) is 9.53 Å². The molecular formula is C16H24ClN3O2. The number of piperazine rings is 1. The Balaban J connectivity index is 1.71. The first kappa shape index (κ1) is 17.1. The van der Waals surface area contributed by atoms with Crippen molar-refractivity contribution >= 4 is 23.2 Å². The van der Waals surface area contributed by atoms with Crippen molar-refractivity contribution in [3.8, 4) is 0 Å². The quantitative estimate of drug-likeness (QED) is 0.774. The van der Waals surface area contributed by atoms with Gasteiger partial charge in [-0.2, -0.15) is 0 Å². The Bertz CT molecular complexity index is 476. The minimum absolute atomic E-state index is 0.170. The molecule has 5 nitrogen and oxygen atoms in total. The highest BCUT2D eigenvalue weighted by Crippen LogP contribution is 2.20. The number of methoxy groups -OCH3 is 1. The Morgan fingerprint density at radius 3 is 2.77 bits per heavy atom. The van der Waals surface area contributed by atoms with Crippen molar-refractivity contribution in [3.63, 3.8) is 0 Å². The van der Waals surface area contributed by atoms with Crippen molar-refractivity contribution in [3.05, 3.63) is 29.3 Å². The molecule has 22 heavy (non-hydrogen) atoms. The molecule has 0 aliphatic carbocycles. The Morgan fingerprint density at radius 1 is 1.32 bits per heavy atom. The Kier molecular flexibility index (Phi) is 6.96. The summed E-state index contributed by atoms with van der Waals surface area (Å²) in [5.41, 5.74) is 1.12. The van der Waals surface area contributed by atoms with Crippen LogP contribution in [0.2, 0.25) is 5.02 Å². The number of ether oxygens (including phenoxy) is 1. The van der Waals surface area contributed by atoms with E-state index in [4.69, 9.17) is 16.3 Å². The topological polar surface area (TPSA) is 44.8 Å². The van der Waals surface area contributed by atoms with Crippen LogP contribution < -0.4 is 10.2 Å². The lowest BCUT2D eigenvalue weighted by atomic mass is 10.2. The zero-order valence-corrected chi connectivity index (χ0v) is 13.8. The molecule has 6 heteroatoms. The maximum atomic E-state index is 12.1. The van der Waals surface area contributed by atoms with Gasteiger partial charge in [0, 0.05) is 50.6 Å². The lowest BCUT2D eigenvalue weighted by molar-refractivity contribution is -0.130. The molecule has 1 aliphatic rings. The summed E-state index contributed by atoms with van der Waals surface area (Å²) in [5, 5.41) is 3.91. The van der Waals surface area contributed by atoms with E-state index in [1.165, 1.54) is 0 Å². The van der Waals surface area contributed by atoms with Crippen molar-refractivity contribution in [1.29, 1.82) is 0 Å². The first-order valence-electron chi connectivity index (χ1n) is 7.68. The number of halogens is 1. The van der Waals surface area contributed by atoms with Crippen LogP contribution in [0.15, 0.2) is 24.3 Å². The highest BCUT2D eigenvalue weighted by atomic mass is 35.5. The predicted molar refractivity (Wildman–Crippen MR) is 89.6 cm³/mol. The lowest BCUT2D eigenvalue weighted by Crippen LogP contribution is -2.51. The van der Waals surface area contributed by atoms with Gasteiger partial charge in [0.1, 0.15) is 0 Å². The molecule has 1 amide bonds. The molecule has 1 saturated heterocycles. The molecule has 1 aromatic rings. The first-order chi connectivity index (χ1) is 10.7. The maximum Gasteiger partial charge on any atom is 0.236 e. The van der Waals surface area contributed by atoms with Gasteiger partial charge in [-0.05, 0) is 31.2 Å². The van der Waals surface area contributed by atoms with Crippen molar-refractivity contribution in [2.75, 3.05) is 57.9 Å². The standard InChI is InChI=1S/C16H24ClN3O2/c1-22-11-3-6-18-13-16(21)20-9-7-19(8-10-20)15-5-2-4-14(17)12-15/h2,4-5,12,18H,3,6-11,13H2,1H3. The van der Waals surface area contributed by atoms with Crippen molar-refractivity contribution in [2.24, 2.45) is 0 Å². The molecule has 1 N–H and O–H groups in total. The third-order valence-corrected chi connectivity index (χ3v) is 4.02. The highest BCUT2D eigenvalue weighted by Gasteiger charge is 2.20. The summed E-state index contributed by atoms with van der Waals surface area (Å²) in [4.78, 5) is 16.3. The number of benzene rings is 1. The maximum absolute atomic E-state index is 12.1. The van der Waals surface area contributed by atoms with Gasteiger partial charge in [-0.15, -0.1) is 0 Å². The van der Waals surface area contributed by atoms with Gasteiger partial charge >= 0.3 is 0 Å². The van der Waals surface area contributed by atoms with Gasteiger partial charge in [0.25, 0.3) is 0 Å². The van der Waals surface area contributed by atoms with E-state index in [0.29, 0.717) is 6.54 Å². The summed E-state index contributed by atoms with van der Waals surface area (Å²) < 4.78 is 4.98. The van der Waals surface area contributed by atoms with Gasteiger partial charge in [0.2, 0.25) is 5.91 Å². The zero-order chi connectivity index (χ0) is 15.8. The van der Waals surface area contributed by atoms with Gasteiger partial charge in [0.05, 0.1) is 6.54 Å². The fourth-order valence-electron chi connectivity index (χ4n) is 2.54. The molecule has 0 aromatic heterocycles. The smallest absolute Gasteiger partial charge is 0.236 e. The van der Waals surface area contributed by atoms with Crippen molar-refractivity contribution in [2.45, 2.75) is 6.42 Å². The summed E-state index contributed by atoms with van der Waals surface area (Å²) in [6, 6.07) is 7.86. The molecule has 0 atom stereocenters. The van der Waals surface area contributed by atoms with Gasteiger partial charge in [-0.25, -0.2) is 0 Å². The number of rotatable bonds is 7. The average Bonchev–Trinajstić information content (AvgIpc) is 2.54. The van der Waals surface area contributed by atoms with E-state index in [1.54, 1.807) is 7.11 Å². The van der Waals surface area contributed by atoms with Crippen LogP contribution >= 0.6 is 11.6 Å². The predicted octanol–water partition coefficient (Wildman–Crippen LogP) is 1.61. The minimum Gasteiger partial charge on any atom is -0.385 e. The molecule has 1 fully saturated rings. The average molecular weight is 326 g/mol. The second kappa shape index (κ2) is 8.98. The molecule has 122 valence electrons. The number of amides is 1. The normalized spacial score (nSPS) is 15.2. The summed E-state index contributed by atoms with van der Waals surface area (Å²) in [6.45, 7) is 5.13. The summed E-state index contributed by atoms with van der Waals surface area (Å²) in [6.07, 6.45) is 0.923. The fraction of sp³-hybridized carbons (Fsp3) is 0.562. The number of anilines is 1. The lowest BCUT2D eigenvalue weighted by Gasteiger charge is -2.36. The summed E-state index contributed by atoms with van der Waals surface area (Å²) in [7, 11) is 1.69. The second-order valence-electron chi connectivity index (χ2n) is 5.37. The van der Waals surface area contributed by atoms with Crippen molar-refractivity contribution in [1.82, 2.24) is 10.2 Å². The van der Waals surface area contributed by atoms with Crippen LogP contribution in [0.4, 0.5) is 5.69 Å². The molecule has 0 unspecified atom stereocenters. The zero-order valence-electron chi connectivity index (χ0n) is 13.1. The van der Waals surface area contributed by atoms with Crippen LogP contribution in [0.25, 0.3) is 0 Å². The van der Waals surface area contributed by atoms with Crippen LogP contribution in [0, 0.1) is 0 Å². The number of carbonyl (C=O) groups excluding carboxylic acids is 1. The van der Waals surface area contributed by atoms with E-state index in [-0.39, 0.29) is 5.91 Å². The Morgan fingerprint density at radius 2 is 2.09 bits per heavy atom. The SMILES string of the molecule is COCCCNCC(=O)N1CCN(c2cccc(Cl)c2)CC1. The molecule has 1 aliphatic heterocycles. The molecule has 2 rings (SSSR count). The van der Waals surface area contributed by atoms with E-state index < -0.39 is 0 Å². The van der Waals surface area contributed by atoms with Crippen LogP contribution in [-0.4, -0.2) is 63.8 Å². The Hall–Kier alpha value is -1.30. The van der Waals surface area contributed by atoms with Gasteiger partial charge in [-0.3, -0.25) is 4.79 Å². The minimum atomic E-state index is 0.170. The summed E-state index contributed by atoms with van der Waals surface area (Å²) in [5.74, 6) is 0.170. The molecule has 1 aromatic carbocycles. The highest BCUT2D eigenvalue weighted by molar-refractivity contribution is 6.30. The van der Waals surface area contributed by atoms with Crippen LogP contribution in [0.1, 0.15) is 6.42 Å². The van der Waals surface area contributed by atoms with E-state index in [1.807, 2.05) is 23.1 Å². The molecule has 0 spiro atoms. The number of hydrogen-bond donors (Lipinski definition) is 1. The fourth-order valence-corrected chi connectivity index (χ4v) is 2.72. The van der Waals surface area contributed by atoms with E-state index in [9.17, 15) is 4.79 Å². The largest absolute Gasteiger partial charge is 0.385 e. The molecule has 0 radical (unpaired) electrons. The molecule has 0 bridgehead atoms. The Labute approximate surface area is 137 Å². The molecule has 1 heterocycles. The summed E-state index contributed by atoms with van der Waals surface area (Å²) >= 11 is 6.03. The first-order valence-corrected chi connectivity index (χ1v) is 8.06. The number of nitrogens with zero attached hydrogens (tertiary/aromatic N) is 2. The molecule has 0 saturated carbocycles. The third kappa shape index (κ3) is 5.16. The number of hydrogen-bond acceptors (Lipinski definition) is 4. The van der Waals surface area contributed by atoms with Crippen LogP contribution in [0.3, 0.4) is 0 Å². The number of nitrogens with one attached hydrogen (secondary N) is 1. The monoisotopic (exact) mass is 325 g/mol. The van der Waals surface area contributed by atoms with E-state index in [2.05, 4.69) is 16.3 Å². The van der Waals surface area contributed by atoms with E-state index in [0.717, 1.165) is 56.5 Å². The third-order valence-electron chi connectivity index (χ3n) is 3.78. The van der Waals surface area contributed by atoms with Gasteiger partial charge in [-0.1, -0.05) is 17.7 Å². The van der Waals surface area contributed by atoms with Gasteiger partial charge < -0.3 is 19.9 Å².